The van der Waals surface area contributed by atoms with Crippen molar-refractivity contribution in [1.82, 2.24) is 15.0 Å². The van der Waals surface area contributed by atoms with E-state index in [-0.39, 0.29) is 16.8 Å². The molecule has 2 amide bonds. The minimum absolute atomic E-state index is 0.0495. The molecule has 0 unspecified atom stereocenters. The fourth-order valence-electron chi connectivity index (χ4n) is 1.99. The highest BCUT2D eigenvalue weighted by atomic mass is 32.2. The molecule has 2 aromatic rings. The lowest BCUT2D eigenvalue weighted by molar-refractivity contribution is -0.0591. The molecule has 2 heterocycles. The number of benzene rings is 1. The number of hydroxylamine groups is 2. The van der Waals surface area contributed by atoms with Gasteiger partial charge in [-0.1, -0.05) is 17.2 Å². The second kappa shape index (κ2) is 5.57. The molecule has 7 nitrogen and oxygen atoms in total. The Balaban J connectivity index is 1.87. The fraction of sp³-hybridized carbons (Fsp3) is 0.0714. The van der Waals surface area contributed by atoms with Crippen molar-refractivity contribution in [3.63, 3.8) is 0 Å². The van der Waals surface area contributed by atoms with Crippen LogP contribution < -0.4 is 0 Å². The van der Waals surface area contributed by atoms with Gasteiger partial charge in [-0.2, -0.15) is 0 Å². The molecule has 0 fully saturated rings. The van der Waals surface area contributed by atoms with Crippen molar-refractivity contribution in [2.24, 2.45) is 0 Å². The summed E-state index contributed by atoms with van der Waals surface area (Å²) in [6.07, 6.45) is 4.49. The standard InChI is InChI=1S/C14H9N3O4S/c1-22-11-10(15-6-7-16-11)14(20)21-17-12(18)8-4-2-3-5-9(8)13(17)19/h2-7H,1H3. The van der Waals surface area contributed by atoms with Crippen molar-refractivity contribution in [3.05, 3.63) is 53.5 Å². The van der Waals surface area contributed by atoms with Crippen LogP contribution in [0.1, 0.15) is 31.2 Å². The summed E-state index contributed by atoms with van der Waals surface area (Å²) in [5.74, 6) is -2.26. The van der Waals surface area contributed by atoms with E-state index in [1.165, 1.54) is 36.3 Å². The molecule has 1 aromatic heterocycles. The maximum absolute atomic E-state index is 12.1. The molecule has 0 aliphatic carbocycles. The Morgan fingerprint density at radius 2 is 1.68 bits per heavy atom. The molecule has 1 aliphatic rings. The second-order valence-corrected chi connectivity index (χ2v) is 5.04. The van der Waals surface area contributed by atoms with Crippen LogP contribution in [0.25, 0.3) is 0 Å². The van der Waals surface area contributed by atoms with Gasteiger partial charge in [0.05, 0.1) is 11.1 Å². The average molecular weight is 315 g/mol. The predicted molar refractivity (Wildman–Crippen MR) is 76.2 cm³/mol. The predicted octanol–water partition coefficient (Wildman–Crippen LogP) is 1.57. The topological polar surface area (TPSA) is 89.5 Å². The van der Waals surface area contributed by atoms with Crippen LogP contribution in [-0.4, -0.2) is 39.1 Å². The van der Waals surface area contributed by atoms with Crippen LogP contribution in [0.3, 0.4) is 0 Å². The van der Waals surface area contributed by atoms with Crippen LogP contribution in [0, 0.1) is 0 Å². The van der Waals surface area contributed by atoms with Gasteiger partial charge in [-0.05, 0) is 18.4 Å². The van der Waals surface area contributed by atoms with E-state index in [1.54, 1.807) is 18.4 Å². The van der Waals surface area contributed by atoms with E-state index >= 15 is 0 Å². The highest BCUT2D eigenvalue weighted by Gasteiger charge is 2.39. The van der Waals surface area contributed by atoms with Crippen LogP contribution in [0.4, 0.5) is 0 Å². The number of thioether (sulfide) groups is 1. The van der Waals surface area contributed by atoms with E-state index in [1.807, 2.05) is 0 Å². The SMILES string of the molecule is CSc1nccnc1C(=O)ON1C(=O)c2ccccc2C1=O. The lowest BCUT2D eigenvalue weighted by Gasteiger charge is -2.12. The van der Waals surface area contributed by atoms with Crippen LogP contribution in [-0.2, 0) is 4.84 Å². The van der Waals surface area contributed by atoms with E-state index in [0.717, 1.165) is 0 Å². The van der Waals surface area contributed by atoms with Gasteiger partial charge >= 0.3 is 5.97 Å². The number of hydrogen-bond donors (Lipinski definition) is 0. The molecular formula is C14H9N3O4S. The lowest BCUT2D eigenvalue weighted by Crippen LogP contribution is -2.33. The first-order valence-electron chi connectivity index (χ1n) is 6.18. The summed E-state index contributed by atoms with van der Waals surface area (Å²) in [5, 5.41) is 0.801. The number of amides is 2. The van der Waals surface area contributed by atoms with Crippen molar-refractivity contribution in [3.8, 4) is 0 Å². The third-order valence-electron chi connectivity index (χ3n) is 2.98. The van der Waals surface area contributed by atoms with Gasteiger partial charge < -0.3 is 4.84 Å². The lowest BCUT2D eigenvalue weighted by atomic mass is 10.1. The number of rotatable bonds is 3. The molecule has 0 N–H and O–H groups in total. The second-order valence-electron chi connectivity index (χ2n) is 4.24. The van der Waals surface area contributed by atoms with Crippen LogP contribution in [0.5, 0.6) is 0 Å². The number of carbonyl (C=O) groups excluding carboxylic acids is 3. The quantitative estimate of drug-likeness (QED) is 0.627. The van der Waals surface area contributed by atoms with Crippen molar-refractivity contribution in [1.29, 1.82) is 0 Å². The van der Waals surface area contributed by atoms with Crippen molar-refractivity contribution < 1.29 is 19.2 Å². The Morgan fingerprint density at radius 3 is 2.27 bits per heavy atom. The van der Waals surface area contributed by atoms with E-state index in [4.69, 9.17) is 4.84 Å². The average Bonchev–Trinajstić information content (AvgIpc) is 2.80. The Morgan fingerprint density at radius 1 is 1.09 bits per heavy atom. The minimum Gasteiger partial charge on any atom is -0.322 e. The van der Waals surface area contributed by atoms with Crippen molar-refractivity contribution >= 4 is 29.5 Å². The molecule has 0 bridgehead atoms. The molecule has 22 heavy (non-hydrogen) atoms. The van der Waals surface area contributed by atoms with Gasteiger partial charge in [0.25, 0.3) is 11.8 Å². The molecule has 0 radical (unpaired) electrons. The minimum atomic E-state index is -0.910. The van der Waals surface area contributed by atoms with E-state index in [9.17, 15) is 14.4 Å². The van der Waals surface area contributed by atoms with Gasteiger partial charge in [0, 0.05) is 12.4 Å². The van der Waals surface area contributed by atoms with E-state index in [2.05, 4.69) is 9.97 Å². The van der Waals surface area contributed by atoms with Crippen LogP contribution in [0.2, 0.25) is 0 Å². The first-order valence-corrected chi connectivity index (χ1v) is 7.41. The third kappa shape index (κ3) is 2.23. The number of nitrogens with zero attached hydrogens (tertiary/aromatic N) is 3. The number of hydrogen-bond acceptors (Lipinski definition) is 7. The molecule has 0 spiro atoms. The van der Waals surface area contributed by atoms with E-state index in [0.29, 0.717) is 10.1 Å². The Bertz CT molecular complexity index is 758. The number of fused-ring (bicyclic) bond motifs is 1. The molecule has 3 rings (SSSR count). The molecule has 0 saturated heterocycles. The first-order chi connectivity index (χ1) is 10.6. The van der Waals surface area contributed by atoms with Gasteiger partial charge in [-0.3, -0.25) is 9.59 Å². The molecule has 8 heteroatoms. The zero-order valence-electron chi connectivity index (χ0n) is 11.3. The van der Waals surface area contributed by atoms with Gasteiger partial charge in [-0.25, -0.2) is 14.8 Å². The normalized spacial score (nSPS) is 13.2. The molecule has 0 atom stereocenters. The summed E-state index contributed by atoms with van der Waals surface area (Å²) in [7, 11) is 0. The first kappa shape index (κ1) is 14.2. The third-order valence-corrected chi connectivity index (χ3v) is 3.67. The molecule has 1 aliphatic heterocycles. The summed E-state index contributed by atoms with van der Waals surface area (Å²) in [4.78, 5) is 49.2. The highest BCUT2D eigenvalue weighted by molar-refractivity contribution is 7.98. The van der Waals surface area contributed by atoms with Crippen LogP contribution in [0.15, 0.2) is 41.7 Å². The molecule has 0 saturated carbocycles. The maximum atomic E-state index is 12.1. The number of aromatic nitrogens is 2. The Kier molecular flexibility index (Phi) is 3.60. The van der Waals surface area contributed by atoms with Crippen molar-refractivity contribution in [2.45, 2.75) is 5.03 Å². The fourth-order valence-corrected chi connectivity index (χ4v) is 2.49. The zero-order chi connectivity index (χ0) is 15.7. The molecule has 110 valence electrons. The highest BCUT2D eigenvalue weighted by Crippen LogP contribution is 2.24. The monoisotopic (exact) mass is 315 g/mol. The molecule has 1 aromatic carbocycles. The number of imide groups is 1. The zero-order valence-corrected chi connectivity index (χ0v) is 12.2. The van der Waals surface area contributed by atoms with Gasteiger partial charge in [0.2, 0.25) is 0 Å². The number of carbonyl (C=O) groups is 3. The Labute approximate surface area is 129 Å². The largest absolute Gasteiger partial charge is 0.384 e. The van der Waals surface area contributed by atoms with Gasteiger partial charge in [0.15, 0.2) is 5.69 Å². The van der Waals surface area contributed by atoms with Gasteiger partial charge in [0.1, 0.15) is 5.03 Å². The summed E-state index contributed by atoms with van der Waals surface area (Å²) in [6, 6.07) is 6.26. The molecular weight excluding hydrogens is 306 g/mol. The summed E-state index contributed by atoms with van der Waals surface area (Å²) in [6.45, 7) is 0. The van der Waals surface area contributed by atoms with Crippen molar-refractivity contribution in [2.75, 3.05) is 6.26 Å². The summed E-state index contributed by atoms with van der Waals surface area (Å²) in [5.41, 5.74) is 0.348. The smallest absolute Gasteiger partial charge is 0.322 e. The summed E-state index contributed by atoms with van der Waals surface area (Å²) < 4.78 is 0. The Hall–Kier alpha value is -2.74. The van der Waals surface area contributed by atoms with Gasteiger partial charge in [-0.15, -0.1) is 11.8 Å². The maximum Gasteiger partial charge on any atom is 0.384 e. The van der Waals surface area contributed by atoms with Crippen LogP contribution >= 0.6 is 11.8 Å². The van der Waals surface area contributed by atoms with E-state index < -0.39 is 17.8 Å². The summed E-state index contributed by atoms with van der Waals surface area (Å²) >= 11 is 1.21.